The molecule has 0 radical (unpaired) electrons. The van der Waals surface area contributed by atoms with Crippen molar-refractivity contribution in [1.82, 2.24) is 0 Å². The average molecular weight is 1060 g/mol. The van der Waals surface area contributed by atoms with E-state index in [0.29, 0.717) is 106 Å². The number of aliphatic carboxylic acids is 1. The predicted octanol–water partition coefficient (Wildman–Crippen LogP) is 13.2. The van der Waals surface area contributed by atoms with Gasteiger partial charge < -0.3 is 57.8 Å². The van der Waals surface area contributed by atoms with Gasteiger partial charge in [0.25, 0.3) is 0 Å². The smallest absolute Gasteiger partial charge is 0.408 e. The summed E-state index contributed by atoms with van der Waals surface area (Å²) in [5.74, 6) is 5.54. The highest BCUT2D eigenvalue weighted by atomic mass is 32.1. The maximum absolute atomic E-state index is 9.01. The molecule has 0 fully saturated rings. The molecule has 5 aromatic heterocycles. The molecule has 0 bridgehead atoms. The number of carboxylic acids is 1. The Balaban J connectivity index is 0.000000577. The summed E-state index contributed by atoms with van der Waals surface area (Å²) in [7, 11) is 0. The molecule has 2 aromatic carbocycles. The van der Waals surface area contributed by atoms with Crippen molar-refractivity contribution in [2.24, 2.45) is 0 Å². The van der Waals surface area contributed by atoms with Crippen LogP contribution in [0.15, 0.2) is 74.4 Å². The SMILES string of the molecule is C=CC=C.C=Cc1sc(-c2sc(-c3sc(-c4sc(-c5sc(-c6ccc7c(c6)C(C)(C)c6ccccc6N7)c6c5OCCO6)c5c4OCCO5)c4c3OCCO4)c3c2OCCO3)c2c1OCCO2.N#CC(=O)O. The first-order valence-electron chi connectivity index (χ1n) is 22.8. The first-order valence-corrected chi connectivity index (χ1v) is 26.9. The fourth-order valence-corrected chi connectivity index (χ4v) is 15.3. The van der Waals surface area contributed by atoms with E-state index >= 15 is 0 Å². The van der Waals surface area contributed by atoms with Gasteiger partial charge in [0.1, 0.15) is 66.1 Å². The van der Waals surface area contributed by atoms with Crippen molar-refractivity contribution >= 4 is 80.1 Å². The van der Waals surface area contributed by atoms with Crippen molar-refractivity contribution in [3.8, 4) is 113 Å². The van der Waals surface area contributed by atoms with E-state index in [9.17, 15) is 0 Å². The van der Waals surface area contributed by atoms with Crippen LogP contribution in [0.2, 0.25) is 0 Å². The molecule has 11 heterocycles. The minimum Gasteiger partial charge on any atom is -0.485 e. The molecule has 14 nitrogen and oxygen atoms in total. The first-order chi connectivity index (χ1) is 35.1. The van der Waals surface area contributed by atoms with Crippen LogP contribution >= 0.6 is 56.7 Å². The van der Waals surface area contributed by atoms with E-state index in [4.69, 9.17) is 62.5 Å². The zero-order valence-electron chi connectivity index (χ0n) is 38.9. The van der Waals surface area contributed by atoms with Crippen LogP contribution in [0.4, 0.5) is 11.4 Å². The quantitative estimate of drug-likeness (QED) is 0.0880. The summed E-state index contributed by atoms with van der Waals surface area (Å²) < 4.78 is 64.1. The van der Waals surface area contributed by atoms with Crippen LogP contribution in [0.25, 0.3) is 55.5 Å². The Kier molecular flexibility index (Phi) is 12.8. The third-order valence-corrected chi connectivity index (χ3v) is 18.6. The van der Waals surface area contributed by atoms with E-state index in [-0.39, 0.29) is 5.41 Å². The molecule has 0 spiro atoms. The lowest BCUT2D eigenvalue weighted by Gasteiger charge is -2.36. The van der Waals surface area contributed by atoms with Crippen molar-refractivity contribution in [3.63, 3.8) is 0 Å². The maximum Gasteiger partial charge on any atom is 0.408 e. The third-order valence-electron chi connectivity index (χ3n) is 12.1. The highest BCUT2D eigenvalue weighted by Crippen LogP contribution is 2.68. The number of carbonyl (C=O) groups is 1. The number of rotatable bonds is 7. The molecule has 2 N–H and O–H groups in total. The number of allylic oxidation sites excluding steroid dienone is 2. The average Bonchev–Trinajstić information content (AvgIpc) is 4.26. The van der Waals surface area contributed by atoms with Gasteiger partial charge in [0, 0.05) is 16.8 Å². The Bertz CT molecular complexity index is 3360. The maximum atomic E-state index is 9.01. The van der Waals surface area contributed by atoms with Crippen LogP contribution in [-0.2, 0) is 10.2 Å². The van der Waals surface area contributed by atoms with Crippen LogP contribution in [0.3, 0.4) is 0 Å². The lowest BCUT2D eigenvalue weighted by atomic mass is 9.74. The number of thiophene rings is 5. The highest BCUT2D eigenvalue weighted by Gasteiger charge is 2.40. The molecule has 7 aromatic rings. The largest absolute Gasteiger partial charge is 0.485 e. The molecule has 368 valence electrons. The van der Waals surface area contributed by atoms with Gasteiger partial charge in [0.05, 0.1) is 48.8 Å². The Labute approximate surface area is 434 Å². The molecule has 0 saturated carbocycles. The monoisotopic (exact) mass is 1060 g/mol. The number of nitriles is 1. The summed E-state index contributed by atoms with van der Waals surface area (Å²) in [4.78, 5) is 18.2. The fourth-order valence-electron chi connectivity index (χ4n) is 9.03. The fraction of sp³-hybridized carbons (Fsp3) is 0.245. The molecule has 0 unspecified atom stereocenters. The number of hydrogen-bond acceptors (Lipinski definition) is 18. The lowest BCUT2D eigenvalue weighted by molar-refractivity contribution is -0.130. The zero-order valence-corrected chi connectivity index (χ0v) is 43.0. The number of para-hydroxylation sites is 1. The second-order valence-corrected chi connectivity index (χ2v) is 21.9. The molecule has 6 aliphatic rings. The van der Waals surface area contributed by atoms with Crippen molar-refractivity contribution in [1.29, 1.82) is 5.26 Å². The number of nitrogens with zero attached hydrogens (tertiary/aromatic N) is 1. The predicted molar refractivity (Wildman–Crippen MR) is 284 cm³/mol. The number of ether oxygens (including phenoxy) is 10. The molecule has 0 saturated heterocycles. The lowest BCUT2D eigenvalue weighted by Crippen LogP contribution is -2.25. The van der Waals surface area contributed by atoms with E-state index in [1.54, 1.807) is 68.8 Å². The Morgan fingerprint density at radius 1 is 0.528 bits per heavy atom. The van der Waals surface area contributed by atoms with Gasteiger partial charge >= 0.3 is 5.97 Å². The minimum absolute atomic E-state index is 0.215. The Morgan fingerprint density at radius 2 is 0.861 bits per heavy atom. The Hall–Kier alpha value is -7.08. The summed E-state index contributed by atoms with van der Waals surface area (Å²) >= 11 is 8.03. The van der Waals surface area contributed by atoms with Gasteiger partial charge in [-0.2, -0.15) is 5.26 Å². The van der Waals surface area contributed by atoms with E-state index in [0.717, 1.165) is 89.0 Å². The summed E-state index contributed by atoms with van der Waals surface area (Å²) in [5, 5.41) is 18.3. The number of fused-ring (bicyclic) bond motifs is 7. The summed E-state index contributed by atoms with van der Waals surface area (Å²) in [5.41, 5.74) is 5.58. The second-order valence-electron chi connectivity index (χ2n) is 16.8. The molecule has 72 heavy (non-hydrogen) atoms. The van der Waals surface area contributed by atoms with E-state index in [1.165, 1.54) is 11.1 Å². The van der Waals surface area contributed by atoms with E-state index in [1.807, 2.05) is 6.08 Å². The minimum atomic E-state index is -1.44. The molecule has 19 heteroatoms. The molecular weight excluding hydrogens is 1020 g/mol. The first kappa shape index (κ1) is 47.3. The number of hydrogen-bond donors (Lipinski definition) is 2. The number of nitrogens with one attached hydrogen (secondary N) is 1. The van der Waals surface area contributed by atoms with Gasteiger partial charge in [-0.3, -0.25) is 0 Å². The van der Waals surface area contributed by atoms with Crippen molar-refractivity contribution in [2.75, 3.05) is 71.4 Å². The van der Waals surface area contributed by atoms with Crippen LogP contribution < -0.4 is 52.7 Å². The molecule has 0 amide bonds. The Morgan fingerprint density at radius 3 is 1.25 bits per heavy atom. The van der Waals surface area contributed by atoms with Gasteiger partial charge in [0.15, 0.2) is 63.6 Å². The molecule has 0 atom stereocenters. The number of anilines is 2. The summed E-state index contributed by atoms with van der Waals surface area (Å²) in [6, 6.07) is 16.1. The van der Waals surface area contributed by atoms with Crippen molar-refractivity contribution in [2.45, 2.75) is 19.3 Å². The van der Waals surface area contributed by atoms with Gasteiger partial charge in [-0.1, -0.05) is 70.0 Å². The van der Waals surface area contributed by atoms with Gasteiger partial charge in [0.2, 0.25) is 0 Å². The van der Waals surface area contributed by atoms with Crippen LogP contribution in [0.5, 0.6) is 57.5 Å². The molecular formula is C53H44N2O12S5. The van der Waals surface area contributed by atoms with Gasteiger partial charge in [-0.05, 0) is 41.0 Å². The molecule has 13 rings (SSSR count). The van der Waals surface area contributed by atoms with Crippen LogP contribution in [0, 0.1) is 11.3 Å². The molecule has 6 aliphatic heterocycles. The van der Waals surface area contributed by atoms with Crippen LogP contribution in [-0.4, -0.2) is 77.1 Å². The summed E-state index contributed by atoms with van der Waals surface area (Å²) in [6.07, 6.45) is 5.09. The highest BCUT2D eigenvalue weighted by molar-refractivity contribution is 7.31. The molecule has 0 aliphatic carbocycles. The zero-order chi connectivity index (χ0) is 49.7. The number of carboxylic acid groups (broad SMARTS) is 1. The van der Waals surface area contributed by atoms with E-state index in [2.05, 4.69) is 81.4 Å². The topological polar surface area (TPSA) is 165 Å². The van der Waals surface area contributed by atoms with Crippen molar-refractivity contribution < 1.29 is 57.3 Å². The van der Waals surface area contributed by atoms with E-state index < -0.39 is 5.97 Å². The van der Waals surface area contributed by atoms with Gasteiger partial charge in [-0.15, -0.1) is 56.7 Å². The second kappa shape index (κ2) is 19.5. The number of benzene rings is 2. The standard InChI is InChI=1S/C47H37NO10S5.C4H6.C2HNO2/c1-4-27-28-29(50-12-11-49-28)39(59-27)40-32-33(54-16-15-53-32)43(61-40)44-36-37(58-20-19-57-36)46(63-44)45-35-34(55-17-18-56-35)42(62-45)41-31-30(51-13-14-52-31)38(60-41)22-9-10-26-24(21-22)47(2,3)23-7-5-6-8-25(23)48-26;1-3-4-2;3-1-2(4)5/h4-10,21,48H,1,11-20H2,2-3H3;3-4H,1-2H2;(H,4,5). The third kappa shape index (κ3) is 8.07. The summed E-state index contributed by atoms with van der Waals surface area (Å²) in [6.45, 7) is 19.7. The van der Waals surface area contributed by atoms with Crippen LogP contribution in [0.1, 0.15) is 29.9 Å². The normalized spacial score (nSPS) is 15.6. The van der Waals surface area contributed by atoms with Gasteiger partial charge in [-0.25, -0.2) is 4.79 Å². The van der Waals surface area contributed by atoms with Crippen molar-refractivity contribution in [3.05, 3.63) is 90.4 Å².